The summed E-state index contributed by atoms with van der Waals surface area (Å²) in [6.45, 7) is 2.13. The molecule has 0 aliphatic rings. The normalized spacial score (nSPS) is 10.8. The highest BCUT2D eigenvalue weighted by Gasteiger charge is 2.06. The van der Waals surface area contributed by atoms with E-state index in [0.29, 0.717) is 23.5 Å². The van der Waals surface area contributed by atoms with Crippen LogP contribution >= 0.6 is 0 Å². The van der Waals surface area contributed by atoms with Gasteiger partial charge in [0.05, 0.1) is 27.0 Å². The second-order valence-electron chi connectivity index (χ2n) is 7.26. The third-order valence-electron chi connectivity index (χ3n) is 4.78. The van der Waals surface area contributed by atoms with E-state index >= 15 is 0 Å². The first-order valence-corrected chi connectivity index (χ1v) is 10.9. The molecule has 168 valence electrons. The van der Waals surface area contributed by atoms with Gasteiger partial charge in [0.15, 0.2) is 0 Å². The number of methoxy groups -OCH3 is 2. The van der Waals surface area contributed by atoms with Gasteiger partial charge in [0, 0.05) is 12.0 Å². The molecular formula is C23H37N3O4. The van der Waals surface area contributed by atoms with E-state index in [9.17, 15) is 9.59 Å². The Kier molecular flexibility index (Phi) is 13.8. The molecule has 0 saturated heterocycles. The van der Waals surface area contributed by atoms with E-state index in [4.69, 9.17) is 9.47 Å². The highest BCUT2D eigenvalue weighted by Crippen LogP contribution is 2.22. The fraction of sp³-hybridized carbons (Fsp3) is 0.609. The summed E-state index contributed by atoms with van der Waals surface area (Å²) in [4.78, 5) is 23.7. The van der Waals surface area contributed by atoms with Crippen LogP contribution in [0.25, 0.3) is 0 Å². The number of carbonyl (C=O) groups excluding carboxylic acids is 2. The average Bonchev–Trinajstić information content (AvgIpc) is 2.76. The van der Waals surface area contributed by atoms with Crippen molar-refractivity contribution in [3.05, 3.63) is 23.8 Å². The number of nitrogens with zero attached hydrogens (tertiary/aromatic N) is 1. The largest absolute Gasteiger partial charge is 0.497 e. The van der Waals surface area contributed by atoms with Crippen molar-refractivity contribution in [2.45, 2.75) is 71.1 Å². The van der Waals surface area contributed by atoms with Crippen LogP contribution < -0.4 is 20.2 Å². The number of ether oxygens (including phenoxy) is 2. The van der Waals surface area contributed by atoms with E-state index < -0.39 is 0 Å². The van der Waals surface area contributed by atoms with Gasteiger partial charge in [-0.25, -0.2) is 5.43 Å². The van der Waals surface area contributed by atoms with Crippen molar-refractivity contribution >= 4 is 18.0 Å². The van der Waals surface area contributed by atoms with Crippen molar-refractivity contribution in [1.82, 2.24) is 10.7 Å². The van der Waals surface area contributed by atoms with Gasteiger partial charge in [-0.2, -0.15) is 5.10 Å². The lowest BCUT2D eigenvalue weighted by molar-refractivity contribution is -0.126. The van der Waals surface area contributed by atoms with Gasteiger partial charge < -0.3 is 14.8 Å². The van der Waals surface area contributed by atoms with Crippen LogP contribution in [0.1, 0.15) is 76.7 Å². The molecule has 0 bridgehead atoms. The number of rotatable bonds is 16. The van der Waals surface area contributed by atoms with Crippen LogP contribution in [-0.4, -0.2) is 38.8 Å². The molecule has 0 aromatic heterocycles. The molecule has 0 unspecified atom stereocenters. The Bertz CT molecular complexity index is 662. The third-order valence-corrected chi connectivity index (χ3v) is 4.78. The van der Waals surface area contributed by atoms with Crippen molar-refractivity contribution in [1.29, 1.82) is 0 Å². The second kappa shape index (κ2) is 16.3. The minimum atomic E-state index is -0.381. The lowest BCUT2D eigenvalue weighted by atomic mass is 10.1. The van der Waals surface area contributed by atoms with E-state index in [1.807, 2.05) is 0 Å². The lowest BCUT2D eigenvalue weighted by Gasteiger charge is -2.07. The maximum Gasteiger partial charge on any atom is 0.259 e. The number of unbranched alkanes of at least 4 members (excludes halogenated alkanes) is 8. The molecule has 2 amide bonds. The molecule has 7 nitrogen and oxygen atoms in total. The van der Waals surface area contributed by atoms with E-state index in [-0.39, 0.29) is 18.4 Å². The SMILES string of the molecule is CCCCCCCCCCCC(=O)NCC(=O)NN=Cc1cc(OC)ccc1OC. The van der Waals surface area contributed by atoms with E-state index in [1.54, 1.807) is 32.4 Å². The molecule has 0 saturated carbocycles. The summed E-state index contributed by atoms with van der Waals surface area (Å²) in [5.74, 6) is 0.787. The fourth-order valence-electron chi connectivity index (χ4n) is 3.02. The molecular weight excluding hydrogens is 382 g/mol. The Morgan fingerprint density at radius 2 is 1.60 bits per heavy atom. The number of hydrazone groups is 1. The Morgan fingerprint density at radius 3 is 2.23 bits per heavy atom. The van der Waals surface area contributed by atoms with Crippen molar-refractivity contribution in [2.24, 2.45) is 5.10 Å². The Balaban J connectivity index is 2.16. The molecule has 1 aromatic carbocycles. The van der Waals surface area contributed by atoms with E-state index in [0.717, 1.165) is 12.8 Å². The molecule has 0 fully saturated rings. The van der Waals surface area contributed by atoms with Crippen LogP contribution in [0, 0.1) is 0 Å². The summed E-state index contributed by atoms with van der Waals surface area (Å²) in [6.07, 6.45) is 12.8. The number of benzene rings is 1. The van der Waals surface area contributed by atoms with Gasteiger partial charge in [-0.1, -0.05) is 58.3 Å². The summed E-state index contributed by atoms with van der Waals surface area (Å²) in [6, 6.07) is 5.29. The number of carbonyl (C=O) groups is 2. The smallest absolute Gasteiger partial charge is 0.259 e. The highest BCUT2D eigenvalue weighted by atomic mass is 16.5. The van der Waals surface area contributed by atoms with E-state index in [2.05, 4.69) is 22.8 Å². The molecule has 1 rings (SSSR count). The molecule has 2 N–H and O–H groups in total. The maximum atomic E-state index is 11.8. The monoisotopic (exact) mass is 419 g/mol. The van der Waals surface area contributed by atoms with E-state index in [1.165, 1.54) is 51.2 Å². The number of amides is 2. The Hall–Kier alpha value is -2.57. The number of nitrogens with one attached hydrogen (secondary N) is 2. The first kappa shape index (κ1) is 25.5. The molecule has 30 heavy (non-hydrogen) atoms. The number of hydrogen-bond acceptors (Lipinski definition) is 5. The van der Waals surface area contributed by atoms with Crippen LogP contribution in [0.5, 0.6) is 11.5 Å². The quantitative estimate of drug-likeness (QED) is 0.239. The fourth-order valence-corrected chi connectivity index (χ4v) is 3.02. The van der Waals surface area contributed by atoms with Crippen molar-refractivity contribution in [2.75, 3.05) is 20.8 Å². The van der Waals surface area contributed by atoms with Gasteiger partial charge in [0.1, 0.15) is 11.5 Å². The first-order chi connectivity index (χ1) is 14.6. The molecule has 0 heterocycles. The van der Waals surface area contributed by atoms with Crippen LogP contribution in [-0.2, 0) is 9.59 Å². The Morgan fingerprint density at radius 1 is 0.933 bits per heavy atom. The van der Waals surface area contributed by atoms with Crippen LogP contribution in [0.2, 0.25) is 0 Å². The van der Waals surface area contributed by atoms with Crippen LogP contribution in [0.3, 0.4) is 0 Å². The van der Waals surface area contributed by atoms with Gasteiger partial charge in [0.2, 0.25) is 5.91 Å². The summed E-state index contributed by atoms with van der Waals surface area (Å²) in [5, 5.41) is 6.54. The lowest BCUT2D eigenvalue weighted by Crippen LogP contribution is -2.34. The minimum Gasteiger partial charge on any atom is -0.497 e. The van der Waals surface area contributed by atoms with Crippen molar-refractivity contribution in [3.8, 4) is 11.5 Å². The van der Waals surface area contributed by atoms with Crippen LogP contribution in [0.4, 0.5) is 0 Å². The average molecular weight is 420 g/mol. The topological polar surface area (TPSA) is 89.0 Å². The first-order valence-electron chi connectivity index (χ1n) is 10.9. The van der Waals surface area contributed by atoms with Crippen molar-refractivity contribution in [3.63, 3.8) is 0 Å². The zero-order valence-corrected chi connectivity index (χ0v) is 18.7. The molecule has 0 spiro atoms. The van der Waals surface area contributed by atoms with Crippen molar-refractivity contribution < 1.29 is 19.1 Å². The third kappa shape index (κ3) is 11.4. The molecule has 0 radical (unpaired) electrons. The van der Waals surface area contributed by atoms with Gasteiger partial charge in [0.25, 0.3) is 5.91 Å². The predicted octanol–water partition coefficient (Wildman–Crippen LogP) is 4.19. The summed E-state index contributed by atoms with van der Waals surface area (Å²) >= 11 is 0. The maximum absolute atomic E-state index is 11.8. The van der Waals surface area contributed by atoms with Crippen LogP contribution in [0.15, 0.2) is 23.3 Å². The molecule has 0 aliphatic heterocycles. The zero-order chi connectivity index (χ0) is 22.0. The minimum absolute atomic E-state index is 0.0944. The Labute approximate surface area is 180 Å². The summed E-state index contributed by atoms with van der Waals surface area (Å²) < 4.78 is 10.4. The summed E-state index contributed by atoms with van der Waals surface area (Å²) in [7, 11) is 3.13. The van der Waals surface area contributed by atoms with Gasteiger partial charge in [-0.05, 0) is 24.6 Å². The predicted molar refractivity (Wildman–Crippen MR) is 120 cm³/mol. The van der Waals surface area contributed by atoms with Gasteiger partial charge in [-0.3, -0.25) is 9.59 Å². The highest BCUT2D eigenvalue weighted by molar-refractivity contribution is 5.87. The molecule has 7 heteroatoms. The van der Waals surface area contributed by atoms with Gasteiger partial charge >= 0.3 is 0 Å². The van der Waals surface area contributed by atoms with Gasteiger partial charge in [-0.15, -0.1) is 0 Å². The second-order valence-corrected chi connectivity index (χ2v) is 7.26. The number of hydrogen-bond donors (Lipinski definition) is 2. The zero-order valence-electron chi connectivity index (χ0n) is 18.7. The molecule has 0 atom stereocenters. The summed E-state index contributed by atoms with van der Waals surface area (Å²) in [5.41, 5.74) is 3.07. The standard InChI is InChI=1S/C23H37N3O4/c1-4-5-6-7-8-9-10-11-12-13-22(27)24-18-23(28)26-25-17-19-16-20(29-2)14-15-21(19)30-3/h14-17H,4-13,18H2,1-3H3,(H,24,27)(H,26,28). The molecule has 0 aliphatic carbocycles. The molecule has 1 aromatic rings.